The summed E-state index contributed by atoms with van der Waals surface area (Å²) in [5, 5.41) is 4.66. The van der Waals surface area contributed by atoms with Gasteiger partial charge in [-0.25, -0.2) is 0 Å². The van der Waals surface area contributed by atoms with Crippen molar-refractivity contribution >= 4 is 26.9 Å². The van der Waals surface area contributed by atoms with Crippen molar-refractivity contribution in [3.05, 3.63) is 34.5 Å². The number of rotatable bonds is 2. The summed E-state index contributed by atoms with van der Waals surface area (Å²) in [7, 11) is 0. The first-order valence-corrected chi connectivity index (χ1v) is 6.98. The minimum Gasteiger partial charge on any atom is -0.463 e. The lowest BCUT2D eigenvalue weighted by Gasteiger charge is -2.22. The van der Waals surface area contributed by atoms with Crippen LogP contribution < -0.4 is 5.32 Å². The van der Waals surface area contributed by atoms with E-state index >= 15 is 0 Å². The zero-order valence-corrected chi connectivity index (χ0v) is 11.3. The SMILES string of the molecule is Brc1coc2ccc(CC3CCCNC3)cc12. The van der Waals surface area contributed by atoms with E-state index in [4.69, 9.17) is 4.42 Å². The molecule has 90 valence electrons. The highest BCUT2D eigenvalue weighted by atomic mass is 79.9. The highest BCUT2D eigenvalue weighted by Gasteiger charge is 2.14. The number of piperidine rings is 1. The largest absolute Gasteiger partial charge is 0.463 e. The monoisotopic (exact) mass is 293 g/mol. The average molecular weight is 294 g/mol. The standard InChI is InChI=1S/C14H16BrNO/c15-13-9-17-14-4-3-10(7-12(13)14)6-11-2-1-5-16-8-11/h3-4,7,9,11,16H,1-2,5-6,8H2. The van der Waals surface area contributed by atoms with Crippen LogP contribution in [0.2, 0.25) is 0 Å². The molecule has 3 heteroatoms. The molecule has 1 unspecified atom stereocenters. The van der Waals surface area contributed by atoms with Gasteiger partial charge in [0.2, 0.25) is 0 Å². The van der Waals surface area contributed by atoms with E-state index in [0.717, 1.165) is 22.5 Å². The van der Waals surface area contributed by atoms with Gasteiger partial charge in [-0.15, -0.1) is 0 Å². The second-order valence-electron chi connectivity index (χ2n) is 4.83. The summed E-state index contributed by atoms with van der Waals surface area (Å²) in [6.45, 7) is 2.34. The summed E-state index contributed by atoms with van der Waals surface area (Å²) < 4.78 is 6.49. The van der Waals surface area contributed by atoms with Gasteiger partial charge < -0.3 is 9.73 Å². The molecular weight excluding hydrogens is 278 g/mol. The van der Waals surface area contributed by atoms with Gasteiger partial charge in [-0.1, -0.05) is 6.07 Å². The maximum atomic E-state index is 5.43. The van der Waals surface area contributed by atoms with E-state index in [1.54, 1.807) is 6.26 Å². The molecule has 0 radical (unpaired) electrons. The van der Waals surface area contributed by atoms with E-state index < -0.39 is 0 Å². The van der Waals surface area contributed by atoms with E-state index in [-0.39, 0.29) is 0 Å². The number of benzene rings is 1. The fourth-order valence-corrected chi connectivity index (χ4v) is 3.01. The van der Waals surface area contributed by atoms with E-state index in [0.29, 0.717) is 0 Å². The summed E-state index contributed by atoms with van der Waals surface area (Å²) in [4.78, 5) is 0. The normalized spacial score (nSPS) is 20.9. The first-order chi connectivity index (χ1) is 8.33. The van der Waals surface area contributed by atoms with Crippen molar-refractivity contribution in [2.24, 2.45) is 5.92 Å². The smallest absolute Gasteiger partial charge is 0.135 e. The van der Waals surface area contributed by atoms with Crippen molar-refractivity contribution < 1.29 is 4.42 Å². The molecular formula is C14H16BrNO. The maximum absolute atomic E-state index is 5.43. The van der Waals surface area contributed by atoms with Crippen LogP contribution in [0.5, 0.6) is 0 Å². The Morgan fingerprint density at radius 2 is 2.35 bits per heavy atom. The first-order valence-electron chi connectivity index (χ1n) is 6.19. The van der Waals surface area contributed by atoms with E-state index in [1.807, 2.05) is 0 Å². The first kappa shape index (κ1) is 11.3. The third-order valence-electron chi connectivity index (χ3n) is 3.51. The number of fused-ring (bicyclic) bond motifs is 1. The molecule has 1 aromatic heterocycles. The number of hydrogen-bond acceptors (Lipinski definition) is 2. The second kappa shape index (κ2) is 4.83. The minimum absolute atomic E-state index is 0.784. The second-order valence-corrected chi connectivity index (χ2v) is 5.68. The lowest BCUT2D eigenvalue weighted by atomic mass is 9.92. The molecule has 0 amide bonds. The minimum atomic E-state index is 0.784. The van der Waals surface area contributed by atoms with Crippen LogP contribution in [0.25, 0.3) is 11.0 Å². The summed E-state index contributed by atoms with van der Waals surface area (Å²) in [5.41, 5.74) is 2.37. The van der Waals surface area contributed by atoms with Gasteiger partial charge in [0, 0.05) is 5.39 Å². The van der Waals surface area contributed by atoms with E-state index in [9.17, 15) is 0 Å². The van der Waals surface area contributed by atoms with Crippen LogP contribution in [0, 0.1) is 5.92 Å². The molecule has 1 N–H and O–H groups in total. The number of halogens is 1. The van der Waals surface area contributed by atoms with Gasteiger partial charge in [0.25, 0.3) is 0 Å². The molecule has 2 aromatic rings. The van der Waals surface area contributed by atoms with Gasteiger partial charge in [-0.2, -0.15) is 0 Å². The molecule has 0 spiro atoms. The summed E-state index contributed by atoms with van der Waals surface area (Å²) in [5.74, 6) is 0.784. The number of hydrogen-bond donors (Lipinski definition) is 1. The van der Waals surface area contributed by atoms with Crippen molar-refractivity contribution in [3.8, 4) is 0 Å². The van der Waals surface area contributed by atoms with Gasteiger partial charge in [-0.3, -0.25) is 0 Å². The maximum Gasteiger partial charge on any atom is 0.135 e. The highest BCUT2D eigenvalue weighted by molar-refractivity contribution is 9.10. The number of furan rings is 1. The van der Waals surface area contributed by atoms with Crippen LogP contribution in [-0.4, -0.2) is 13.1 Å². The van der Waals surface area contributed by atoms with Gasteiger partial charge in [-0.05, 0) is 71.9 Å². The zero-order chi connectivity index (χ0) is 11.7. The topological polar surface area (TPSA) is 25.2 Å². The lowest BCUT2D eigenvalue weighted by Crippen LogP contribution is -2.30. The molecule has 1 fully saturated rings. The Balaban J connectivity index is 1.82. The molecule has 2 nitrogen and oxygen atoms in total. The quantitative estimate of drug-likeness (QED) is 0.913. The molecule has 0 saturated carbocycles. The molecule has 1 aromatic carbocycles. The molecule has 2 heterocycles. The molecule has 0 aliphatic carbocycles. The van der Waals surface area contributed by atoms with Crippen molar-refractivity contribution in [1.29, 1.82) is 0 Å². The Morgan fingerprint density at radius 1 is 1.41 bits per heavy atom. The Morgan fingerprint density at radius 3 is 3.18 bits per heavy atom. The molecule has 1 saturated heterocycles. The van der Waals surface area contributed by atoms with Crippen molar-refractivity contribution in [2.45, 2.75) is 19.3 Å². The lowest BCUT2D eigenvalue weighted by molar-refractivity contribution is 0.376. The van der Waals surface area contributed by atoms with Crippen molar-refractivity contribution in [1.82, 2.24) is 5.32 Å². The Kier molecular flexibility index (Phi) is 3.21. The third-order valence-corrected chi connectivity index (χ3v) is 4.13. The van der Waals surface area contributed by atoms with E-state index in [2.05, 4.69) is 39.4 Å². The zero-order valence-electron chi connectivity index (χ0n) is 9.71. The van der Waals surface area contributed by atoms with Crippen LogP contribution in [0.15, 0.2) is 33.4 Å². The fourth-order valence-electron chi connectivity index (χ4n) is 2.60. The summed E-state index contributed by atoms with van der Waals surface area (Å²) in [6.07, 6.45) is 5.58. The highest BCUT2D eigenvalue weighted by Crippen LogP contribution is 2.28. The van der Waals surface area contributed by atoms with Gasteiger partial charge in [0.1, 0.15) is 11.8 Å². The van der Waals surface area contributed by atoms with Crippen LogP contribution in [0.1, 0.15) is 18.4 Å². The van der Waals surface area contributed by atoms with Crippen LogP contribution in [0.3, 0.4) is 0 Å². The predicted molar refractivity (Wildman–Crippen MR) is 73.2 cm³/mol. The van der Waals surface area contributed by atoms with Crippen molar-refractivity contribution in [2.75, 3.05) is 13.1 Å². The van der Waals surface area contributed by atoms with Gasteiger partial charge in [0.05, 0.1) is 4.47 Å². The number of nitrogens with one attached hydrogen (secondary N) is 1. The third kappa shape index (κ3) is 2.40. The molecule has 17 heavy (non-hydrogen) atoms. The molecule has 1 aliphatic heterocycles. The molecule has 0 bridgehead atoms. The molecule has 1 atom stereocenters. The Labute approximate surface area is 110 Å². The van der Waals surface area contributed by atoms with Crippen molar-refractivity contribution in [3.63, 3.8) is 0 Å². The van der Waals surface area contributed by atoms with Crippen LogP contribution in [0.4, 0.5) is 0 Å². The fraction of sp³-hybridized carbons (Fsp3) is 0.429. The Hall–Kier alpha value is -0.800. The van der Waals surface area contributed by atoms with Gasteiger partial charge in [0.15, 0.2) is 0 Å². The van der Waals surface area contributed by atoms with Crippen LogP contribution >= 0.6 is 15.9 Å². The van der Waals surface area contributed by atoms with Crippen LogP contribution in [-0.2, 0) is 6.42 Å². The Bertz CT molecular complexity index is 514. The van der Waals surface area contributed by atoms with E-state index in [1.165, 1.54) is 36.8 Å². The predicted octanol–water partition coefficient (Wildman–Crippen LogP) is 3.74. The molecule has 3 rings (SSSR count). The summed E-state index contributed by atoms with van der Waals surface area (Å²) >= 11 is 3.52. The van der Waals surface area contributed by atoms with Gasteiger partial charge >= 0.3 is 0 Å². The summed E-state index contributed by atoms with van der Waals surface area (Å²) in [6, 6.07) is 6.51. The molecule has 1 aliphatic rings. The average Bonchev–Trinajstić information content (AvgIpc) is 2.73.